The molecule has 3 aromatic rings. The Morgan fingerprint density at radius 3 is 2.42 bits per heavy atom. The summed E-state index contributed by atoms with van der Waals surface area (Å²) in [6.45, 7) is 4.65. The van der Waals surface area contributed by atoms with Crippen LogP contribution in [0, 0.1) is 6.92 Å². The van der Waals surface area contributed by atoms with Crippen LogP contribution in [0.2, 0.25) is 0 Å². The van der Waals surface area contributed by atoms with Gasteiger partial charge in [-0.15, -0.1) is 0 Å². The third-order valence-corrected chi connectivity index (χ3v) is 7.10. The van der Waals surface area contributed by atoms with Crippen LogP contribution in [0.15, 0.2) is 77.7 Å². The number of hydrogen-bond acceptors (Lipinski definition) is 5. The summed E-state index contributed by atoms with van der Waals surface area (Å²) in [7, 11) is -3.80. The van der Waals surface area contributed by atoms with E-state index in [2.05, 4.69) is 14.9 Å². The molecular weight excluding hydrogens is 438 g/mol. The minimum absolute atomic E-state index is 0.0903. The fraction of sp³-hybridized carbons (Fsp3) is 0.240. The summed E-state index contributed by atoms with van der Waals surface area (Å²) in [6.07, 6.45) is 0. The Morgan fingerprint density at radius 1 is 0.970 bits per heavy atom. The fourth-order valence-electron chi connectivity index (χ4n) is 3.74. The van der Waals surface area contributed by atoms with Crippen molar-refractivity contribution in [1.82, 2.24) is 4.72 Å². The SMILES string of the molecule is Cc1ccc(C(=O)Nc2ccccc2N2CCOCC2)cc1S(=O)(=O)NCc1ccccc1. The average molecular weight is 466 g/mol. The van der Waals surface area contributed by atoms with Gasteiger partial charge in [0.2, 0.25) is 10.0 Å². The molecule has 0 aromatic heterocycles. The summed E-state index contributed by atoms with van der Waals surface area (Å²) in [4.78, 5) is 15.3. The predicted octanol–water partition coefficient (Wildman–Crippen LogP) is 3.56. The molecule has 3 aromatic carbocycles. The number of carbonyl (C=O) groups excluding carboxylic acids is 1. The normalized spacial score (nSPS) is 14.2. The summed E-state index contributed by atoms with van der Waals surface area (Å²) < 4.78 is 34.0. The van der Waals surface area contributed by atoms with Crippen LogP contribution in [0.5, 0.6) is 0 Å². The molecule has 0 bridgehead atoms. The molecule has 1 amide bonds. The van der Waals surface area contributed by atoms with Crippen molar-refractivity contribution in [2.24, 2.45) is 0 Å². The maximum absolute atomic E-state index is 13.0. The number of sulfonamides is 1. The van der Waals surface area contributed by atoms with E-state index in [9.17, 15) is 13.2 Å². The first-order valence-corrected chi connectivity index (χ1v) is 12.3. The van der Waals surface area contributed by atoms with Gasteiger partial charge >= 0.3 is 0 Å². The first-order valence-electron chi connectivity index (χ1n) is 10.8. The van der Waals surface area contributed by atoms with Gasteiger partial charge in [0, 0.05) is 25.2 Å². The van der Waals surface area contributed by atoms with Crippen LogP contribution < -0.4 is 14.9 Å². The van der Waals surface area contributed by atoms with Crippen molar-refractivity contribution in [2.45, 2.75) is 18.4 Å². The van der Waals surface area contributed by atoms with Crippen molar-refractivity contribution in [1.29, 1.82) is 0 Å². The lowest BCUT2D eigenvalue weighted by Gasteiger charge is -2.30. The van der Waals surface area contributed by atoms with Crippen LogP contribution in [0.3, 0.4) is 0 Å². The number of ether oxygens (including phenoxy) is 1. The Hall–Kier alpha value is -3.20. The number of benzene rings is 3. The number of amides is 1. The third-order valence-electron chi connectivity index (χ3n) is 5.55. The van der Waals surface area contributed by atoms with Gasteiger partial charge in [0.25, 0.3) is 5.91 Å². The molecule has 33 heavy (non-hydrogen) atoms. The van der Waals surface area contributed by atoms with Crippen LogP contribution >= 0.6 is 0 Å². The molecule has 1 fully saturated rings. The topological polar surface area (TPSA) is 87.7 Å². The van der Waals surface area contributed by atoms with Crippen LogP contribution in [-0.2, 0) is 21.3 Å². The summed E-state index contributed by atoms with van der Waals surface area (Å²) >= 11 is 0. The number of carbonyl (C=O) groups is 1. The molecule has 8 heteroatoms. The number of rotatable bonds is 7. The van der Waals surface area contributed by atoms with Gasteiger partial charge in [-0.2, -0.15) is 0 Å². The Kier molecular flexibility index (Phi) is 7.08. The number of morpholine rings is 1. The quantitative estimate of drug-likeness (QED) is 0.557. The Balaban J connectivity index is 1.53. The van der Waals surface area contributed by atoms with Gasteiger partial charge < -0.3 is 15.0 Å². The summed E-state index contributed by atoms with van der Waals surface area (Å²) in [6, 6.07) is 21.6. The zero-order valence-corrected chi connectivity index (χ0v) is 19.3. The average Bonchev–Trinajstić information content (AvgIpc) is 2.84. The molecule has 0 atom stereocenters. The maximum atomic E-state index is 13.0. The van der Waals surface area contributed by atoms with Crippen molar-refractivity contribution in [3.05, 3.63) is 89.5 Å². The molecule has 1 heterocycles. The molecule has 0 radical (unpaired) electrons. The molecule has 7 nitrogen and oxygen atoms in total. The van der Waals surface area contributed by atoms with Crippen molar-refractivity contribution < 1.29 is 17.9 Å². The summed E-state index contributed by atoms with van der Waals surface area (Å²) in [5, 5.41) is 2.94. The van der Waals surface area contributed by atoms with Crippen molar-refractivity contribution in [3.8, 4) is 0 Å². The summed E-state index contributed by atoms with van der Waals surface area (Å²) in [5.74, 6) is -0.366. The van der Waals surface area contributed by atoms with E-state index in [0.717, 1.165) is 24.3 Å². The predicted molar refractivity (Wildman–Crippen MR) is 129 cm³/mol. The van der Waals surface area contributed by atoms with E-state index in [1.807, 2.05) is 54.6 Å². The van der Waals surface area contributed by atoms with E-state index in [1.165, 1.54) is 6.07 Å². The van der Waals surface area contributed by atoms with Gasteiger partial charge in [-0.3, -0.25) is 4.79 Å². The number of nitrogens with one attached hydrogen (secondary N) is 2. The lowest BCUT2D eigenvalue weighted by molar-refractivity contribution is 0.102. The minimum Gasteiger partial charge on any atom is -0.378 e. The summed E-state index contributed by atoms with van der Waals surface area (Å²) in [5.41, 5.74) is 3.29. The van der Waals surface area contributed by atoms with Gasteiger partial charge in [-0.05, 0) is 42.3 Å². The molecular formula is C25H27N3O4S. The van der Waals surface area contributed by atoms with Crippen LogP contribution in [0.25, 0.3) is 0 Å². The molecule has 4 rings (SSSR count). The molecule has 0 aliphatic carbocycles. The number of hydrogen-bond donors (Lipinski definition) is 2. The fourth-order valence-corrected chi connectivity index (χ4v) is 5.02. The molecule has 0 saturated carbocycles. The standard InChI is InChI=1S/C25H27N3O4S/c1-19-11-12-21(17-24(19)33(30,31)26-18-20-7-3-2-4-8-20)25(29)27-22-9-5-6-10-23(22)28-13-15-32-16-14-28/h2-12,17,26H,13-16,18H2,1H3,(H,27,29). The largest absolute Gasteiger partial charge is 0.378 e. The molecule has 0 unspecified atom stereocenters. The monoisotopic (exact) mass is 465 g/mol. The second kappa shape index (κ2) is 10.2. The van der Waals surface area contributed by atoms with Crippen LogP contribution in [0.1, 0.15) is 21.5 Å². The van der Waals surface area contributed by atoms with E-state index >= 15 is 0 Å². The second-order valence-corrected chi connectivity index (χ2v) is 9.60. The third kappa shape index (κ3) is 5.60. The Morgan fingerprint density at radius 2 is 1.67 bits per heavy atom. The van der Waals surface area contributed by atoms with Gasteiger partial charge in [0.05, 0.1) is 29.5 Å². The number of para-hydroxylation sites is 2. The van der Waals surface area contributed by atoms with Crippen LogP contribution in [0.4, 0.5) is 11.4 Å². The van der Waals surface area contributed by atoms with E-state index in [1.54, 1.807) is 19.1 Å². The van der Waals surface area contributed by atoms with E-state index < -0.39 is 10.0 Å². The van der Waals surface area contributed by atoms with Gasteiger partial charge in [-0.25, -0.2) is 13.1 Å². The Bertz CT molecular complexity index is 1220. The molecule has 2 N–H and O–H groups in total. The van der Waals surface area contributed by atoms with E-state index in [0.29, 0.717) is 24.5 Å². The first kappa shape index (κ1) is 23.0. The van der Waals surface area contributed by atoms with Crippen molar-refractivity contribution >= 4 is 27.3 Å². The van der Waals surface area contributed by atoms with Crippen LogP contribution in [-0.4, -0.2) is 40.6 Å². The highest BCUT2D eigenvalue weighted by atomic mass is 32.2. The lowest BCUT2D eigenvalue weighted by atomic mass is 10.1. The molecule has 1 saturated heterocycles. The van der Waals surface area contributed by atoms with Crippen molar-refractivity contribution in [3.63, 3.8) is 0 Å². The minimum atomic E-state index is -3.80. The molecule has 1 aliphatic rings. The zero-order valence-electron chi connectivity index (χ0n) is 18.5. The lowest BCUT2D eigenvalue weighted by Crippen LogP contribution is -2.36. The molecule has 0 spiro atoms. The van der Waals surface area contributed by atoms with Gasteiger partial charge in [0.15, 0.2) is 0 Å². The maximum Gasteiger partial charge on any atom is 0.255 e. The number of anilines is 2. The van der Waals surface area contributed by atoms with E-state index in [-0.39, 0.29) is 22.9 Å². The second-order valence-electron chi connectivity index (χ2n) is 7.86. The number of nitrogens with zero attached hydrogens (tertiary/aromatic N) is 1. The first-order chi connectivity index (χ1) is 15.9. The Labute approximate surface area is 194 Å². The van der Waals surface area contributed by atoms with E-state index in [4.69, 9.17) is 4.74 Å². The molecule has 172 valence electrons. The highest BCUT2D eigenvalue weighted by molar-refractivity contribution is 7.89. The van der Waals surface area contributed by atoms with Gasteiger partial charge in [0.1, 0.15) is 0 Å². The number of aryl methyl sites for hydroxylation is 1. The molecule has 1 aliphatic heterocycles. The highest BCUT2D eigenvalue weighted by Crippen LogP contribution is 2.27. The highest BCUT2D eigenvalue weighted by Gasteiger charge is 2.20. The smallest absolute Gasteiger partial charge is 0.255 e. The van der Waals surface area contributed by atoms with Gasteiger partial charge in [-0.1, -0.05) is 48.5 Å². The van der Waals surface area contributed by atoms with Crippen molar-refractivity contribution in [2.75, 3.05) is 36.5 Å². The zero-order chi connectivity index (χ0) is 23.3.